The summed E-state index contributed by atoms with van der Waals surface area (Å²) >= 11 is 0. The topological polar surface area (TPSA) is 68.8 Å². The van der Waals surface area contributed by atoms with E-state index in [9.17, 15) is 5.11 Å². The molecule has 0 aliphatic carbocycles. The highest BCUT2D eigenvalue weighted by Crippen LogP contribution is 2.16. The molecule has 0 radical (unpaired) electrons. The first kappa shape index (κ1) is 8.89. The van der Waals surface area contributed by atoms with Crippen molar-refractivity contribution < 1.29 is 5.11 Å². The number of aromatic nitrogens is 5. The van der Waals surface area contributed by atoms with E-state index >= 15 is 0 Å². The number of imidazole rings is 1. The minimum atomic E-state index is -0.831. The monoisotopic (exact) mass is 193 g/mol. The van der Waals surface area contributed by atoms with Gasteiger partial charge in [0.2, 0.25) is 0 Å². The highest BCUT2D eigenvalue weighted by Gasteiger charge is 2.19. The van der Waals surface area contributed by atoms with Crippen LogP contribution in [0.2, 0.25) is 0 Å². The molecule has 14 heavy (non-hydrogen) atoms. The van der Waals surface area contributed by atoms with Crippen LogP contribution >= 0.6 is 0 Å². The molecule has 0 aliphatic heterocycles. The highest BCUT2D eigenvalue weighted by atomic mass is 16.3. The Labute approximate surface area is 80.8 Å². The van der Waals surface area contributed by atoms with Crippen molar-refractivity contribution in [3.05, 3.63) is 30.4 Å². The van der Waals surface area contributed by atoms with Gasteiger partial charge in [0.1, 0.15) is 12.2 Å². The fraction of sp³-hybridized carbons (Fsp3) is 0.375. The van der Waals surface area contributed by atoms with Crippen molar-refractivity contribution in [3.63, 3.8) is 0 Å². The minimum absolute atomic E-state index is 0.485. The van der Waals surface area contributed by atoms with Gasteiger partial charge in [-0.15, -0.1) is 10.2 Å². The van der Waals surface area contributed by atoms with Crippen molar-refractivity contribution in [3.8, 4) is 0 Å². The summed E-state index contributed by atoms with van der Waals surface area (Å²) in [5.41, 5.74) is 0. The van der Waals surface area contributed by atoms with Crippen molar-refractivity contribution in [1.29, 1.82) is 0 Å². The van der Waals surface area contributed by atoms with Gasteiger partial charge in [0.15, 0.2) is 11.9 Å². The molecule has 6 heteroatoms. The third-order valence-corrected chi connectivity index (χ3v) is 2.09. The molecule has 0 aromatic carbocycles. The van der Waals surface area contributed by atoms with Crippen LogP contribution in [0.5, 0.6) is 0 Å². The number of hydrogen-bond acceptors (Lipinski definition) is 4. The molecule has 1 unspecified atom stereocenters. The Morgan fingerprint density at radius 3 is 2.57 bits per heavy atom. The van der Waals surface area contributed by atoms with Gasteiger partial charge in [-0.05, 0) is 0 Å². The van der Waals surface area contributed by atoms with E-state index < -0.39 is 6.10 Å². The van der Waals surface area contributed by atoms with E-state index in [1.165, 1.54) is 0 Å². The van der Waals surface area contributed by atoms with Crippen LogP contribution in [0, 0.1) is 0 Å². The van der Waals surface area contributed by atoms with Crippen LogP contribution < -0.4 is 0 Å². The maximum absolute atomic E-state index is 9.92. The Morgan fingerprint density at radius 2 is 2.07 bits per heavy atom. The molecule has 0 saturated carbocycles. The van der Waals surface area contributed by atoms with Gasteiger partial charge in [0, 0.05) is 26.5 Å². The van der Waals surface area contributed by atoms with Gasteiger partial charge in [0.25, 0.3) is 0 Å². The fourth-order valence-corrected chi connectivity index (χ4v) is 1.30. The normalized spacial score (nSPS) is 13.1. The predicted octanol–water partition coefficient (Wildman–Crippen LogP) is -0.370. The van der Waals surface area contributed by atoms with E-state index in [1.807, 2.05) is 7.05 Å². The number of rotatable bonds is 2. The summed E-state index contributed by atoms with van der Waals surface area (Å²) < 4.78 is 3.42. The third-order valence-electron chi connectivity index (χ3n) is 2.09. The zero-order valence-electron chi connectivity index (χ0n) is 7.99. The van der Waals surface area contributed by atoms with Crippen molar-refractivity contribution in [2.75, 3.05) is 0 Å². The molecule has 2 heterocycles. The molecule has 0 fully saturated rings. The summed E-state index contributed by atoms with van der Waals surface area (Å²) in [5, 5.41) is 17.4. The van der Waals surface area contributed by atoms with Gasteiger partial charge in [-0.3, -0.25) is 0 Å². The molecule has 2 aromatic rings. The van der Waals surface area contributed by atoms with Gasteiger partial charge in [-0.2, -0.15) is 0 Å². The van der Waals surface area contributed by atoms with Gasteiger partial charge in [0.05, 0.1) is 0 Å². The molecule has 0 aliphatic rings. The van der Waals surface area contributed by atoms with Crippen molar-refractivity contribution >= 4 is 0 Å². The quantitative estimate of drug-likeness (QED) is 0.706. The molecule has 0 bridgehead atoms. The molecule has 2 aromatic heterocycles. The molecule has 1 N–H and O–H groups in total. The van der Waals surface area contributed by atoms with Crippen molar-refractivity contribution in [2.45, 2.75) is 6.10 Å². The second-order valence-electron chi connectivity index (χ2n) is 3.10. The summed E-state index contributed by atoms with van der Waals surface area (Å²) in [7, 11) is 3.60. The second-order valence-corrected chi connectivity index (χ2v) is 3.10. The molecule has 74 valence electrons. The van der Waals surface area contributed by atoms with Crippen LogP contribution in [0.3, 0.4) is 0 Å². The lowest BCUT2D eigenvalue weighted by Crippen LogP contribution is -2.11. The first-order chi connectivity index (χ1) is 6.70. The minimum Gasteiger partial charge on any atom is -0.377 e. The fourth-order valence-electron chi connectivity index (χ4n) is 1.30. The molecule has 0 saturated heterocycles. The Morgan fingerprint density at radius 1 is 1.29 bits per heavy atom. The van der Waals surface area contributed by atoms with Crippen LogP contribution in [-0.2, 0) is 14.1 Å². The Balaban J connectivity index is 2.38. The molecular formula is C8H11N5O. The number of aliphatic hydroxyl groups is 1. The van der Waals surface area contributed by atoms with E-state index in [-0.39, 0.29) is 0 Å². The second kappa shape index (κ2) is 3.22. The number of aryl methyl sites for hydroxylation is 2. The van der Waals surface area contributed by atoms with Crippen molar-refractivity contribution in [2.24, 2.45) is 14.1 Å². The van der Waals surface area contributed by atoms with E-state index in [1.54, 1.807) is 34.9 Å². The largest absolute Gasteiger partial charge is 0.377 e. The average molecular weight is 193 g/mol. The predicted molar refractivity (Wildman–Crippen MR) is 48.3 cm³/mol. The maximum atomic E-state index is 9.92. The van der Waals surface area contributed by atoms with Crippen molar-refractivity contribution in [1.82, 2.24) is 24.3 Å². The lowest BCUT2D eigenvalue weighted by Gasteiger charge is -2.08. The zero-order chi connectivity index (χ0) is 10.1. The van der Waals surface area contributed by atoms with Gasteiger partial charge >= 0.3 is 0 Å². The number of aliphatic hydroxyl groups excluding tert-OH is 1. The smallest absolute Gasteiger partial charge is 0.171 e. The first-order valence-electron chi connectivity index (χ1n) is 4.19. The lowest BCUT2D eigenvalue weighted by molar-refractivity contribution is 0.192. The SMILES string of the molecule is Cn1ccnc1C(O)c1nncn1C. The Kier molecular flexibility index (Phi) is 2.05. The van der Waals surface area contributed by atoms with Crippen LogP contribution in [0.4, 0.5) is 0 Å². The van der Waals surface area contributed by atoms with E-state index in [2.05, 4.69) is 15.2 Å². The van der Waals surface area contributed by atoms with Gasteiger partial charge in [-0.1, -0.05) is 0 Å². The van der Waals surface area contributed by atoms with E-state index in [0.29, 0.717) is 11.6 Å². The average Bonchev–Trinajstić information content (AvgIpc) is 2.73. The highest BCUT2D eigenvalue weighted by molar-refractivity contribution is 5.07. The zero-order valence-corrected chi connectivity index (χ0v) is 7.99. The molecule has 2 rings (SSSR count). The van der Waals surface area contributed by atoms with Crippen LogP contribution in [0.1, 0.15) is 17.8 Å². The van der Waals surface area contributed by atoms with Crippen LogP contribution in [0.15, 0.2) is 18.7 Å². The lowest BCUT2D eigenvalue weighted by atomic mass is 10.3. The van der Waals surface area contributed by atoms with Gasteiger partial charge in [-0.25, -0.2) is 4.98 Å². The summed E-state index contributed by atoms with van der Waals surface area (Å²) in [6.07, 6.45) is 4.12. The molecule has 0 spiro atoms. The number of nitrogens with zero attached hydrogens (tertiary/aromatic N) is 5. The maximum Gasteiger partial charge on any atom is 0.171 e. The third kappa shape index (κ3) is 1.29. The summed E-state index contributed by atoms with van der Waals surface area (Å²) in [4.78, 5) is 4.04. The summed E-state index contributed by atoms with van der Waals surface area (Å²) in [6, 6.07) is 0. The van der Waals surface area contributed by atoms with Crippen LogP contribution in [-0.4, -0.2) is 29.4 Å². The molecule has 6 nitrogen and oxygen atoms in total. The standard InChI is InChI=1S/C8H11N5O/c1-12-4-3-9-7(12)6(14)8-11-10-5-13(8)2/h3-6,14H,1-2H3. The first-order valence-corrected chi connectivity index (χ1v) is 4.19. The Hall–Kier alpha value is -1.69. The number of hydrogen-bond donors (Lipinski definition) is 1. The molecule has 0 amide bonds. The van der Waals surface area contributed by atoms with Crippen LogP contribution in [0.25, 0.3) is 0 Å². The Bertz CT molecular complexity index is 392. The van der Waals surface area contributed by atoms with E-state index in [0.717, 1.165) is 0 Å². The van der Waals surface area contributed by atoms with Gasteiger partial charge < -0.3 is 14.2 Å². The summed E-state index contributed by atoms with van der Waals surface area (Å²) in [5.74, 6) is 1.04. The molecule has 1 atom stereocenters. The van der Waals surface area contributed by atoms with E-state index in [4.69, 9.17) is 0 Å². The summed E-state index contributed by atoms with van der Waals surface area (Å²) in [6.45, 7) is 0. The molecular weight excluding hydrogens is 182 g/mol.